The van der Waals surface area contributed by atoms with Gasteiger partial charge in [0.25, 0.3) is 0 Å². The molecule has 1 aliphatic heterocycles. The minimum absolute atomic E-state index is 0.382. The molecule has 1 saturated carbocycles. The number of likely N-dealkylation sites (N-methyl/N-ethyl adjacent to an activating group) is 1. The van der Waals surface area contributed by atoms with Gasteiger partial charge in [-0.25, -0.2) is 0 Å². The number of hydrogen-bond donors (Lipinski definition) is 1. The van der Waals surface area contributed by atoms with Crippen LogP contribution in [-0.4, -0.2) is 43.3 Å². The minimum atomic E-state index is 0.382. The Balaban J connectivity index is 1.94. The third kappa shape index (κ3) is 1.95. The smallest absolute Gasteiger partial charge is 0.0703 e. The number of nitrogens with zero attached hydrogens (tertiary/aromatic N) is 1. The van der Waals surface area contributed by atoms with Gasteiger partial charge in [0.1, 0.15) is 0 Å². The summed E-state index contributed by atoms with van der Waals surface area (Å²) < 4.78 is 5.60. The van der Waals surface area contributed by atoms with Gasteiger partial charge < -0.3 is 10.5 Å². The van der Waals surface area contributed by atoms with E-state index in [4.69, 9.17) is 10.5 Å². The van der Waals surface area contributed by atoms with Crippen LogP contribution in [-0.2, 0) is 4.74 Å². The summed E-state index contributed by atoms with van der Waals surface area (Å²) in [5.41, 5.74) is 5.85. The van der Waals surface area contributed by atoms with E-state index >= 15 is 0 Å². The third-order valence-corrected chi connectivity index (χ3v) is 3.79. The zero-order valence-electron chi connectivity index (χ0n) is 9.28. The van der Waals surface area contributed by atoms with Crippen molar-refractivity contribution in [3.8, 4) is 0 Å². The Labute approximate surface area is 86.6 Å². The summed E-state index contributed by atoms with van der Waals surface area (Å²) in [6.45, 7) is 3.89. The molecule has 3 atom stereocenters. The second-order valence-corrected chi connectivity index (χ2v) is 4.74. The molecule has 1 saturated heterocycles. The fourth-order valence-electron chi connectivity index (χ4n) is 2.67. The van der Waals surface area contributed by atoms with Crippen molar-refractivity contribution >= 4 is 0 Å². The van der Waals surface area contributed by atoms with Gasteiger partial charge in [-0.3, -0.25) is 4.90 Å². The molecule has 0 aromatic rings. The van der Waals surface area contributed by atoms with E-state index in [1.165, 1.54) is 19.3 Å². The molecule has 3 unspecified atom stereocenters. The molecule has 1 aliphatic carbocycles. The van der Waals surface area contributed by atoms with Gasteiger partial charge in [0.2, 0.25) is 0 Å². The molecule has 0 radical (unpaired) electrons. The molecule has 2 rings (SSSR count). The van der Waals surface area contributed by atoms with Crippen molar-refractivity contribution in [2.24, 2.45) is 11.7 Å². The van der Waals surface area contributed by atoms with Crippen LogP contribution in [0.4, 0.5) is 0 Å². The average molecular weight is 198 g/mol. The fraction of sp³-hybridized carbons (Fsp3) is 1.00. The SMILES string of the molecule is CC1OCCC1N(C)C(CN)C1CC1. The minimum Gasteiger partial charge on any atom is -0.377 e. The first kappa shape index (κ1) is 10.4. The quantitative estimate of drug-likeness (QED) is 0.727. The van der Waals surface area contributed by atoms with Crippen LogP contribution in [0, 0.1) is 5.92 Å². The first-order valence-electron chi connectivity index (χ1n) is 5.77. The summed E-state index contributed by atoms with van der Waals surface area (Å²) in [7, 11) is 2.21. The molecule has 0 bridgehead atoms. The summed E-state index contributed by atoms with van der Waals surface area (Å²) in [5.74, 6) is 0.859. The Morgan fingerprint density at radius 3 is 2.57 bits per heavy atom. The zero-order chi connectivity index (χ0) is 10.1. The van der Waals surface area contributed by atoms with Gasteiger partial charge in [0.15, 0.2) is 0 Å². The highest BCUT2D eigenvalue weighted by molar-refractivity contribution is 4.92. The van der Waals surface area contributed by atoms with Crippen molar-refractivity contribution in [1.29, 1.82) is 0 Å². The van der Waals surface area contributed by atoms with Gasteiger partial charge in [-0.1, -0.05) is 0 Å². The van der Waals surface area contributed by atoms with Crippen molar-refractivity contribution in [3.05, 3.63) is 0 Å². The van der Waals surface area contributed by atoms with Crippen molar-refractivity contribution in [1.82, 2.24) is 4.90 Å². The second-order valence-electron chi connectivity index (χ2n) is 4.74. The monoisotopic (exact) mass is 198 g/mol. The molecule has 82 valence electrons. The van der Waals surface area contributed by atoms with E-state index in [1.54, 1.807) is 0 Å². The lowest BCUT2D eigenvalue weighted by atomic mass is 10.0. The van der Waals surface area contributed by atoms with E-state index in [1.807, 2.05) is 0 Å². The van der Waals surface area contributed by atoms with Crippen LogP contribution in [0.2, 0.25) is 0 Å². The van der Waals surface area contributed by atoms with Crippen LogP contribution in [0.25, 0.3) is 0 Å². The number of rotatable bonds is 4. The maximum atomic E-state index is 5.85. The molecule has 3 heteroatoms. The van der Waals surface area contributed by atoms with Crippen LogP contribution in [0.5, 0.6) is 0 Å². The molecular formula is C11H22N2O. The zero-order valence-corrected chi connectivity index (χ0v) is 9.28. The average Bonchev–Trinajstić information content (AvgIpc) is 2.90. The number of hydrogen-bond acceptors (Lipinski definition) is 3. The molecular weight excluding hydrogens is 176 g/mol. The number of ether oxygens (including phenoxy) is 1. The Morgan fingerprint density at radius 2 is 2.14 bits per heavy atom. The van der Waals surface area contributed by atoms with Crippen LogP contribution >= 0.6 is 0 Å². The van der Waals surface area contributed by atoms with Crippen molar-refractivity contribution in [3.63, 3.8) is 0 Å². The molecule has 0 aromatic heterocycles. The molecule has 0 aromatic carbocycles. The summed E-state index contributed by atoms with van der Waals surface area (Å²) >= 11 is 0. The predicted octanol–water partition coefficient (Wildman–Crippen LogP) is 0.833. The molecule has 1 heterocycles. The van der Waals surface area contributed by atoms with E-state index in [0.717, 1.165) is 19.1 Å². The van der Waals surface area contributed by atoms with Gasteiger partial charge in [-0.15, -0.1) is 0 Å². The highest BCUT2D eigenvalue weighted by Gasteiger charge is 2.38. The highest BCUT2D eigenvalue weighted by Crippen LogP contribution is 2.36. The lowest BCUT2D eigenvalue weighted by Crippen LogP contribution is -2.48. The van der Waals surface area contributed by atoms with E-state index in [-0.39, 0.29) is 0 Å². The largest absolute Gasteiger partial charge is 0.377 e. The van der Waals surface area contributed by atoms with E-state index in [0.29, 0.717) is 18.2 Å². The van der Waals surface area contributed by atoms with Crippen LogP contribution < -0.4 is 5.73 Å². The summed E-state index contributed by atoms with van der Waals surface area (Å²) in [6, 6.07) is 1.17. The van der Waals surface area contributed by atoms with E-state index in [2.05, 4.69) is 18.9 Å². The third-order valence-electron chi connectivity index (χ3n) is 3.79. The highest BCUT2D eigenvalue weighted by atomic mass is 16.5. The summed E-state index contributed by atoms with van der Waals surface area (Å²) in [5, 5.41) is 0. The predicted molar refractivity (Wildman–Crippen MR) is 57.1 cm³/mol. The first-order chi connectivity index (χ1) is 6.74. The topological polar surface area (TPSA) is 38.5 Å². The van der Waals surface area contributed by atoms with E-state index < -0.39 is 0 Å². The normalized spacial score (nSPS) is 35.1. The molecule has 2 fully saturated rings. The van der Waals surface area contributed by atoms with Gasteiger partial charge in [-0.05, 0) is 39.2 Å². The summed E-state index contributed by atoms with van der Waals surface area (Å²) in [6.07, 6.45) is 4.29. The standard InChI is InChI=1S/C11H22N2O/c1-8-10(5-6-14-8)13(2)11(7-12)9-3-4-9/h8-11H,3-7,12H2,1-2H3. The Kier molecular flexibility index (Phi) is 3.10. The van der Waals surface area contributed by atoms with Gasteiger partial charge in [0, 0.05) is 25.2 Å². The van der Waals surface area contributed by atoms with Crippen LogP contribution in [0.1, 0.15) is 26.2 Å². The van der Waals surface area contributed by atoms with Gasteiger partial charge in [0.05, 0.1) is 6.10 Å². The first-order valence-corrected chi connectivity index (χ1v) is 5.77. The van der Waals surface area contributed by atoms with Crippen LogP contribution in [0.15, 0.2) is 0 Å². The van der Waals surface area contributed by atoms with Crippen LogP contribution in [0.3, 0.4) is 0 Å². The molecule has 0 spiro atoms. The molecule has 2 N–H and O–H groups in total. The van der Waals surface area contributed by atoms with Crippen molar-refractivity contribution in [2.75, 3.05) is 20.2 Å². The lowest BCUT2D eigenvalue weighted by Gasteiger charge is -2.33. The molecule has 0 amide bonds. The maximum absolute atomic E-state index is 5.85. The molecule has 2 aliphatic rings. The second kappa shape index (κ2) is 4.17. The van der Waals surface area contributed by atoms with Crippen molar-refractivity contribution < 1.29 is 4.74 Å². The molecule has 14 heavy (non-hydrogen) atoms. The Hall–Kier alpha value is -0.120. The fourth-order valence-corrected chi connectivity index (χ4v) is 2.67. The Bertz CT molecular complexity index is 192. The Morgan fingerprint density at radius 1 is 1.43 bits per heavy atom. The maximum Gasteiger partial charge on any atom is 0.0703 e. The summed E-state index contributed by atoms with van der Waals surface area (Å²) in [4.78, 5) is 2.47. The molecule has 3 nitrogen and oxygen atoms in total. The van der Waals surface area contributed by atoms with Gasteiger partial charge >= 0.3 is 0 Å². The lowest BCUT2D eigenvalue weighted by molar-refractivity contribution is 0.0643. The van der Waals surface area contributed by atoms with Crippen molar-refractivity contribution in [2.45, 2.75) is 44.4 Å². The number of nitrogens with two attached hydrogens (primary N) is 1. The van der Waals surface area contributed by atoms with E-state index in [9.17, 15) is 0 Å². The van der Waals surface area contributed by atoms with Gasteiger partial charge in [-0.2, -0.15) is 0 Å².